The van der Waals surface area contributed by atoms with Crippen LogP contribution in [0.15, 0.2) is 12.1 Å². The van der Waals surface area contributed by atoms with Gasteiger partial charge in [0.25, 0.3) is 5.91 Å². The predicted molar refractivity (Wildman–Crippen MR) is 72.5 cm³/mol. The molecule has 0 unspecified atom stereocenters. The van der Waals surface area contributed by atoms with E-state index in [0.29, 0.717) is 19.0 Å². The summed E-state index contributed by atoms with van der Waals surface area (Å²) in [6.07, 6.45) is 0.994. The molecule has 0 spiro atoms. The number of hydrogen-bond donors (Lipinski definition) is 0. The largest absolute Gasteiger partial charge is 0.474 e. The second-order valence-corrected chi connectivity index (χ2v) is 4.70. The molecule has 0 fully saturated rings. The number of nitrogens with zero attached hydrogens (tertiary/aromatic N) is 2. The van der Waals surface area contributed by atoms with Crippen molar-refractivity contribution in [3.8, 4) is 5.88 Å². The van der Waals surface area contributed by atoms with Gasteiger partial charge in [0.1, 0.15) is 18.9 Å². The fraction of sp³-hybridized carbons (Fsp3) is 0.571. The van der Waals surface area contributed by atoms with Crippen LogP contribution in [-0.2, 0) is 9.53 Å². The zero-order valence-corrected chi connectivity index (χ0v) is 11.7. The third kappa shape index (κ3) is 3.23. The molecule has 1 aromatic heterocycles. The van der Waals surface area contributed by atoms with E-state index in [0.717, 1.165) is 17.8 Å². The number of pyridine rings is 1. The van der Waals surface area contributed by atoms with Crippen molar-refractivity contribution in [3.05, 3.63) is 17.8 Å². The molecule has 0 N–H and O–H groups in total. The Morgan fingerprint density at radius 3 is 3.11 bits per heavy atom. The number of amides is 1. The molecule has 0 aromatic carbocycles. The number of fused-ring (bicyclic) bond motifs is 1. The first-order valence-electron chi connectivity index (χ1n) is 6.64. The van der Waals surface area contributed by atoms with E-state index in [-0.39, 0.29) is 18.6 Å². The molecular weight excluding hydrogens is 244 g/mol. The highest BCUT2D eigenvalue weighted by atomic mass is 16.5. The van der Waals surface area contributed by atoms with Crippen LogP contribution in [0, 0.1) is 6.92 Å². The average molecular weight is 264 g/mol. The Morgan fingerprint density at radius 2 is 2.37 bits per heavy atom. The lowest BCUT2D eigenvalue weighted by Gasteiger charge is -2.29. The van der Waals surface area contributed by atoms with Crippen LogP contribution in [0.4, 0.5) is 5.69 Å². The van der Waals surface area contributed by atoms with Crippen molar-refractivity contribution in [2.45, 2.75) is 33.3 Å². The fourth-order valence-electron chi connectivity index (χ4n) is 1.86. The molecule has 0 saturated carbocycles. The van der Waals surface area contributed by atoms with E-state index >= 15 is 0 Å². The second kappa shape index (κ2) is 6.02. The Kier molecular flexibility index (Phi) is 4.37. The molecule has 5 nitrogen and oxygen atoms in total. The van der Waals surface area contributed by atoms with Crippen LogP contribution in [0.1, 0.15) is 26.0 Å². The maximum absolute atomic E-state index is 12.2. The maximum atomic E-state index is 12.2. The molecule has 5 heteroatoms. The Morgan fingerprint density at radius 1 is 1.58 bits per heavy atom. The first-order chi connectivity index (χ1) is 9.11. The van der Waals surface area contributed by atoms with Gasteiger partial charge in [-0.3, -0.25) is 4.79 Å². The van der Waals surface area contributed by atoms with Gasteiger partial charge in [0, 0.05) is 5.69 Å². The summed E-state index contributed by atoms with van der Waals surface area (Å²) in [7, 11) is 0. The number of carbonyl (C=O) groups excluding carboxylic acids is 1. The molecule has 19 heavy (non-hydrogen) atoms. The first-order valence-corrected chi connectivity index (χ1v) is 6.64. The quantitative estimate of drug-likeness (QED) is 0.834. The van der Waals surface area contributed by atoms with Gasteiger partial charge in [-0.25, -0.2) is 4.98 Å². The summed E-state index contributed by atoms with van der Waals surface area (Å²) in [5.41, 5.74) is 1.61. The summed E-state index contributed by atoms with van der Waals surface area (Å²) in [5, 5.41) is 0. The molecule has 0 bridgehead atoms. The van der Waals surface area contributed by atoms with Gasteiger partial charge in [0.15, 0.2) is 0 Å². The molecule has 1 aromatic rings. The van der Waals surface area contributed by atoms with E-state index in [2.05, 4.69) is 4.98 Å². The van der Waals surface area contributed by atoms with Crippen molar-refractivity contribution in [1.82, 2.24) is 4.98 Å². The Hall–Kier alpha value is -1.62. The minimum absolute atomic E-state index is 0.0458. The van der Waals surface area contributed by atoms with Crippen LogP contribution in [0.5, 0.6) is 5.88 Å². The fourth-order valence-corrected chi connectivity index (χ4v) is 1.86. The van der Waals surface area contributed by atoms with Gasteiger partial charge < -0.3 is 14.4 Å². The van der Waals surface area contributed by atoms with Gasteiger partial charge in [-0.05, 0) is 32.4 Å². The summed E-state index contributed by atoms with van der Waals surface area (Å²) in [6.45, 7) is 7.01. The molecule has 0 radical (unpaired) electrons. The van der Waals surface area contributed by atoms with Gasteiger partial charge in [-0.15, -0.1) is 0 Å². The summed E-state index contributed by atoms with van der Waals surface area (Å²) >= 11 is 0. The SMILES string of the molecule is CC[C@H](C)OCC(=O)N1CCOc2nc(C)ccc21. The number of rotatable bonds is 4. The van der Waals surface area contributed by atoms with Crippen LogP contribution < -0.4 is 9.64 Å². The number of carbonyl (C=O) groups is 1. The topological polar surface area (TPSA) is 51.7 Å². The Labute approximate surface area is 113 Å². The van der Waals surface area contributed by atoms with Crippen LogP contribution in [0.3, 0.4) is 0 Å². The molecule has 1 aliphatic heterocycles. The highest BCUT2D eigenvalue weighted by molar-refractivity contribution is 5.95. The maximum Gasteiger partial charge on any atom is 0.253 e. The second-order valence-electron chi connectivity index (χ2n) is 4.70. The van der Waals surface area contributed by atoms with Crippen molar-refractivity contribution in [2.75, 3.05) is 24.7 Å². The highest BCUT2D eigenvalue weighted by Gasteiger charge is 2.25. The minimum Gasteiger partial charge on any atom is -0.474 e. The number of aryl methyl sites for hydroxylation is 1. The first kappa shape index (κ1) is 13.8. The smallest absolute Gasteiger partial charge is 0.253 e. The third-order valence-electron chi connectivity index (χ3n) is 3.19. The van der Waals surface area contributed by atoms with Gasteiger partial charge in [0.2, 0.25) is 5.88 Å². The molecule has 2 rings (SSSR count). The summed E-state index contributed by atoms with van der Waals surface area (Å²) in [6, 6.07) is 3.75. The van der Waals surface area contributed by atoms with Crippen molar-refractivity contribution < 1.29 is 14.3 Å². The van der Waals surface area contributed by atoms with Crippen LogP contribution in [0.25, 0.3) is 0 Å². The molecule has 1 amide bonds. The lowest BCUT2D eigenvalue weighted by atomic mass is 10.2. The highest BCUT2D eigenvalue weighted by Crippen LogP contribution is 2.29. The number of hydrogen-bond acceptors (Lipinski definition) is 4. The van der Waals surface area contributed by atoms with Gasteiger partial charge in [-0.1, -0.05) is 6.92 Å². The van der Waals surface area contributed by atoms with Crippen LogP contribution in [0.2, 0.25) is 0 Å². The van der Waals surface area contributed by atoms with Crippen molar-refractivity contribution in [3.63, 3.8) is 0 Å². The zero-order valence-electron chi connectivity index (χ0n) is 11.7. The zero-order chi connectivity index (χ0) is 13.8. The number of ether oxygens (including phenoxy) is 2. The summed E-state index contributed by atoms with van der Waals surface area (Å²) in [5.74, 6) is 0.485. The number of aromatic nitrogens is 1. The average Bonchev–Trinajstić information content (AvgIpc) is 2.43. The van der Waals surface area contributed by atoms with Gasteiger partial charge in [0.05, 0.1) is 12.6 Å². The molecule has 0 aliphatic carbocycles. The van der Waals surface area contributed by atoms with E-state index in [9.17, 15) is 4.79 Å². The summed E-state index contributed by atoms with van der Waals surface area (Å²) in [4.78, 5) is 18.2. The van der Waals surface area contributed by atoms with E-state index < -0.39 is 0 Å². The lowest BCUT2D eigenvalue weighted by Crippen LogP contribution is -2.40. The Bertz CT molecular complexity index is 462. The molecule has 104 valence electrons. The van der Waals surface area contributed by atoms with Gasteiger partial charge >= 0.3 is 0 Å². The molecule has 1 atom stereocenters. The molecule has 2 heterocycles. The third-order valence-corrected chi connectivity index (χ3v) is 3.19. The van der Waals surface area contributed by atoms with E-state index in [1.54, 1.807) is 4.90 Å². The summed E-state index contributed by atoms with van der Waals surface area (Å²) < 4.78 is 11.0. The monoisotopic (exact) mass is 264 g/mol. The van der Waals surface area contributed by atoms with Gasteiger partial charge in [-0.2, -0.15) is 0 Å². The normalized spacial score (nSPS) is 15.6. The predicted octanol–water partition coefficient (Wildman–Crippen LogP) is 1.93. The molecule has 0 saturated heterocycles. The van der Waals surface area contributed by atoms with Crippen LogP contribution >= 0.6 is 0 Å². The minimum atomic E-state index is -0.0458. The lowest BCUT2D eigenvalue weighted by molar-refractivity contribution is -0.125. The standard InChI is InChI=1S/C14H20N2O3/c1-4-11(3)19-9-13(17)16-7-8-18-14-12(16)6-5-10(2)15-14/h5-6,11H,4,7-9H2,1-3H3/t11-/m0/s1. The van der Waals surface area contributed by atoms with E-state index in [1.165, 1.54) is 0 Å². The number of anilines is 1. The van der Waals surface area contributed by atoms with Crippen molar-refractivity contribution >= 4 is 11.6 Å². The van der Waals surface area contributed by atoms with Crippen LogP contribution in [-0.4, -0.2) is 36.8 Å². The van der Waals surface area contributed by atoms with E-state index in [1.807, 2.05) is 32.9 Å². The molecule has 1 aliphatic rings. The van der Waals surface area contributed by atoms with Crippen molar-refractivity contribution in [2.24, 2.45) is 0 Å². The molecular formula is C14H20N2O3. The van der Waals surface area contributed by atoms with E-state index in [4.69, 9.17) is 9.47 Å². The van der Waals surface area contributed by atoms with Crippen molar-refractivity contribution in [1.29, 1.82) is 0 Å². The Balaban J connectivity index is 2.08.